The van der Waals surface area contributed by atoms with Crippen LogP contribution in [0.5, 0.6) is 0 Å². The zero-order chi connectivity index (χ0) is 15.6. The van der Waals surface area contributed by atoms with Gasteiger partial charge in [-0.25, -0.2) is 0 Å². The van der Waals surface area contributed by atoms with Crippen molar-refractivity contribution in [2.45, 2.75) is 13.3 Å². The molecule has 8 heteroatoms. The summed E-state index contributed by atoms with van der Waals surface area (Å²) in [6.45, 7) is 1.51. The zero-order valence-corrected chi connectivity index (χ0v) is 11.9. The van der Waals surface area contributed by atoms with Gasteiger partial charge in [-0.3, -0.25) is 19.7 Å². The number of rotatable bonds is 5. The molecule has 7 nitrogen and oxygen atoms in total. The van der Waals surface area contributed by atoms with Gasteiger partial charge in [-0.1, -0.05) is 18.5 Å². The highest BCUT2D eigenvalue weighted by Gasteiger charge is 2.40. The Morgan fingerprint density at radius 2 is 2.19 bits per heavy atom. The van der Waals surface area contributed by atoms with Gasteiger partial charge in [0.1, 0.15) is 5.02 Å². The van der Waals surface area contributed by atoms with E-state index in [-0.39, 0.29) is 28.3 Å². The highest BCUT2D eigenvalue weighted by atomic mass is 35.5. The van der Waals surface area contributed by atoms with Crippen LogP contribution in [0, 0.1) is 22.0 Å². The van der Waals surface area contributed by atoms with E-state index in [4.69, 9.17) is 16.3 Å². The first-order chi connectivity index (χ1) is 9.88. The van der Waals surface area contributed by atoms with Crippen molar-refractivity contribution in [3.63, 3.8) is 0 Å². The first-order valence-corrected chi connectivity index (χ1v) is 6.66. The van der Waals surface area contributed by atoms with Crippen molar-refractivity contribution in [3.8, 4) is 0 Å². The number of ether oxygens (including phenoxy) is 1. The third kappa shape index (κ3) is 3.91. The number of benzene rings is 1. The lowest BCUT2D eigenvalue weighted by molar-refractivity contribution is -0.384. The van der Waals surface area contributed by atoms with E-state index in [1.165, 1.54) is 12.1 Å². The van der Waals surface area contributed by atoms with E-state index in [2.05, 4.69) is 5.32 Å². The van der Waals surface area contributed by atoms with E-state index in [0.717, 1.165) is 12.5 Å². The fraction of sp³-hybridized carbons (Fsp3) is 0.385. The van der Waals surface area contributed by atoms with E-state index < -0.39 is 17.4 Å². The number of nitro groups is 1. The summed E-state index contributed by atoms with van der Waals surface area (Å²) in [6, 6.07) is 3.89. The van der Waals surface area contributed by atoms with E-state index >= 15 is 0 Å². The van der Waals surface area contributed by atoms with E-state index in [0.29, 0.717) is 5.92 Å². The third-order valence-corrected chi connectivity index (χ3v) is 3.50. The maximum atomic E-state index is 11.6. The SMILES string of the molecule is CC1CC1C(=O)OCC(=O)Nc1ccc(Cl)c([N+](=O)[O-])c1. The molecular formula is C13H13ClN2O5. The molecule has 0 aliphatic heterocycles. The molecule has 112 valence electrons. The molecule has 2 unspecified atom stereocenters. The summed E-state index contributed by atoms with van der Waals surface area (Å²) in [5.74, 6) is -0.762. The van der Waals surface area contributed by atoms with Gasteiger partial charge in [0.05, 0.1) is 10.8 Å². The predicted octanol–water partition coefficient (Wildman–Crippen LogP) is 2.39. The van der Waals surface area contributed by atoms with Crippen molar-refractivity contribution in [1.29, 1.82) is 0 Å². The molecule has 1 fully saturated rings. The first kappa shape index (κ1) is 15.2. The normalized spacial score (nSPS) is 19.7. The summed E-state index contributed by atoms with van der Waals surface area (Å²) in [5, 5.41) is 13.1. The Balaban J connectivity index is 1.89. The Kier molecular flexibility index (Phi) is 4.42. The summed E-state index contributed by atoms with van der Waals surface area (Å²) >= 11 is 5.66. The van der Waals surface area contributed by atoms with Gasteiger partial charge in [0.25, 0.3) is 11.6 Å². The molecule has 2 rings (SSSR count). The number of carbonyl (C=O) groups excluding carboxylic acids is 2. The van der Waals surface area contributed by atoms with Crippen molar-refractivity contribution in [2.75, 3.05) is 11.9 Å². The Hall–Kier alpha value is -2.15. The van der Waals surface area contributed by atoms with Gasteiger partial charge in [0.2, 0.25) is 0 Å². The van der Waals surface area contributed by atoms with Gasteiger partial charge in [-0.2, -0.15) is 0 Å². The molecule has 0 saturated heterocycles. The standard InChI is InChI=1S/C13H13ClN2O5/c1-7-4-9(7)13(18)21-6-12(17)15-8-2-3-10(14)11(5-8)16(19)20/h2-3,5,7,9H,4,6H2,1H3,(H,15,17). The smallest absolute Gasteiger partial charge is 0.309 e. The Bertz CT molecular complexity index is 604. The summed E-state index contributed by atoms with van der Waals surface area (Å²) in [7, 11) is 0. The molecule has 21 heavy (non-hydrogen) atoms. The number of anilines is 1. The molecule has 0 heterocycles. The van der Waals surface area contributed by atoms with Crippen LogP contribution >= 0.6 is 11.6 Å². The summed E-state index contributed by atoms with van der Waals surface area (Å²) < 4.78 is 4.86. The molecule has 1 saturated carbocycles. The van der Waals surface area contributed by atoms with E-state index in [1.54, 1.807) is 0 Å². The van der Waals surface area contributed by atoms with Crippen LogP contribution in [-0.2, 0) is 14.3 Å². The fourth-order valence-electron chi connectivity index (χ4n) is 1.82. The second-order valence-corrected chi connectivity index (χ2v) is 5.31. The number of amides is 1. The third-order valence-electron chi connectivity index (χ3n) is 3.18. The number of hydrogen-bond donors (Lipinski definition) is 1. The maximum absolute atomic E-state index is 11.6. The number of carbonyl (C=O) groups is 2. The van der Waals surface area contributed by atoms with Crippen LogP contribution in [0.15, 0.2) is 18.2 Å². The Morgan fingerprint density at radius 1 is 1.52 bits per heavy atom. The van der Waals surface area contributed by atoms with Crippen molar-refractivity contribution < 1.29 is 19.2 Å². The molecular weight excluding hydrogens is 300 g/mol. The van der Waals surface area contributed by atoms with Gasteiger partial charge in [-0.05, 0) is 24.5 Å². The molecule has 2 atom stereocenters. The van der Waals surface area contributed by atoms with Gasteiger partial charge in [0, 0.05) is 11.8 Å². The molecule has 1 aromatic carbocycles. The van der Waals surface area contributed by atoms with Crippen LogP contribution in [0.1, 0.15) is 13.3 Å². The molecule has 1 aromatic rings. The van der Waals surface area contributed by atoms with Crippen LogP contribution in [0.2, 0.25) is 5.02 Å². The largest absolute Gasteiger partial charge is 0.455 e. The topological polar surface area (TPSA) is 98.5 Å². The Labute approximate surface area is 125 Å². The molecule has 0 aromatic heterocycles. The van der Waals surface area contributed by atoms with Crippen LogP contribution in [0.3, 0.4) is 0 Å². The highest BCUT2D eigenvalue weighted by Crippen LogP contribution is 2.38. The van der Waals surface area contributed by atoms with Gasteiger partial charge < -0.3 is 10.1 Å². The zero-order valence-electron chi connectivity index (χ0n) is 11.2. The van der Waals surface area contributed by atoms with Crippen LogP contribution in [-0.4, -0.2) is 23.4 Å². The van der Waals surface area contributed by atoms with Gasteiger partial charge >= 0.3 is 5.97 Å². The molecule has 1 N–H and O–H groups in total. The van der Waals surface area contributed by atoms with Crippen LogP contribution in [0.25, 0.3) is 0 Å². The number of hydrogen-bond acceptors (Lipinski definition) is 5. The van der Waals surface area contributed by atoms with Crippen LogP contribution < -0.4 is 5.32 Å². The fourth-order valence-corrected chi connectivity index (χ4v) is 2.01. The second-order valence-electron chi connectivity index (χ2n) is 4.90. The second kappa shape index (κ2) is 6.09. The minimum atomic E-state index is -0.646. The molecule has 0 radical (unpaired) electrons. The Morgan fingerprint density at radius 3 is 2.76 bits per heavy atom. The maximum Gasteiger partial charge on any atom is 0.309 e. The minimum absolute atomic E-state index is 0.0212. The predicted molar refractivity (Wildman–Crippen MR) is 75.0 cm³/mol. The van der Waals surface area contributed by atoms with E-state index in [9.17, 15) is 19.7 Å². The average molecular weight is 313 g/mol. The minimum Gasteiger partial charge on any atom is -0.455 e. The molecule has 0 bridgehead atoms. The number of esters is 1. The van der Waals surface area contributed by atoms with Gasteiger partial charge in [0.15, 0.2) is 6.61 Å². The average Bonchev–Trinajstić information content (AvgIpc) is 3.15. The number of nitrogens with one attached hydrogen (secondary N) is 1. The molecule has 1 amide bonds. The van der Waals surface area contributed by atoms with Crippen molar-refractivity contribution in [1.82, 2.24) is 0 Å². The van der Waals surface area contributed by atoms with Crippen LogP contribution in [0.4, 0.5) is 11.4 Å². The monoisotopic (exact) mass is 312 g/mol. The van der Waals surface area contributed by atoms with Gasteiger partial charge in [-0.15, -0.1) is 0 Å². The first-order valence-electron chi connectivity index (χ1n) is 6.29. The van der Waals surface area contributed by atoms with E-state index in [1.807, 2.05) is 6.92 Å². The number of halogens is 1. The summed E-state index contributed by atoms with van der Waals surface area (Å²) in [5.41, 5.74) is -0.0924. The van der Waals surface area contributed by atoms with Crippen molar-refractivity contribution in [3.05, 3.63) is 33.3 Å². The highest BCUT2D eigenvalue weighted by molar-refractivity contribution is 6.32. The molecule has 1 aliphatic rings. The lowest BCUT2D eigenvalue weighted by atomic mass is 10.3. The molecule has 1 aliphatic carbocycles. The lowest BCUT2D eigenvalue weighted by Crippen LogP contribution is -2.21. The summed E-state index contributed by atoms with van der Waals surface area (Å²) in [4.78, 5) is 33.1. The number of nitrogens with zero attached hydrogens (tertiary/aromatic N) is 1. The quantitative estimate of drug-likeness (QED) is 0.511. The van der Waals surface area contributed by atoms with Crippen molar-refractivity contribution in [2.24, 2.45) is 11.8 Å². The number of nitro benzene ring substituents is 1. The van der Waals surface area contributed by atoms with Crippen molar-refractivity contribution >= 4 is 34.9 Å². The lowest BCUT2D eigenvalue weighted by Gasteiger charge is -2.06. The molecule has 0 spiro atoms. The summed E-state index contributed by atoms with van der Waals surface area (Å²) in [6.07, 6.45) is 0.782.